The Morgan fingerprint density at radius 1 is 0.326 bits per heavy atom. The van der Waals surface area contributed by atoms with Crippen LogP contribution in [-0.2, 0) is 0 Å². The molecule has 0 aliphatic heterocycles. The van der Waals surface area contributed by atoms with Crippen molar-refractivity contribution < 1.29 is 0 Å². The summed E-state index contributed by atoms with van der Waals surface area (Å²) >= 11 is 0. The van der Waals surface area contributed by atoms with Crippen LogP contribution in [0.15, 0.2) is 176 Å². The summed E-state index contributed by atoms with van der Waals surface area (Å²) in [7, 11) is 0. The van der Waals surface area contributed by atoms with Crippen LogP contribution >= 0.6 is 0 Å². The summed E-state index contributed by atoms with van der Waals surface area (Å²) in [6.45, 7) is 0. The number of hydrogen-bond donors (Lipinski definition) is 0. The summed E-state index contributed by atoms with van der Waals surface area (Å²) in [6, 6.07) is 57.4. The van der Waals surface area contributed by atoms with Gasteiger partial charge in [0.25, 0.3) is 0 Å². The maximum absolute atomic E-state index is 5.07. The topological polar surface area (TPSA) is 38.7 Å². The highest BCUT2D eigenvalue weighted by molar-refractivity contribution is 6.00. The van der Waals surface area contributed by atoms with Gasteiger partial charge in [0.15, 0.2) is 5.82 Å². The number of aromatic nitrogens is 3. The summed E-state index contributed by atoms with van der Waals surface area (Å²) in [5, 5.41) is 2.44. The molecule has 2 heterocycles. The molecule has 0 aliphatic rings. The third-order valence-corrected chi connectivity index (χ3v) is 8.39. The van der Waals surface area contributed by atoms with Crippen LogP contribution in [0, 0.1) is 0 Å². The van der Waals surface area contributed by atoms with Crippen LogP contribution in [0.3, 0.4) is 0 Å². The highest BCUT2D eigenvalue weighted by Gasteiger charge is 2.13. The summed E-state index contributed by atoms with van der Waals surface area (Å²) < 4.78 is 0. The average molecular weight is 588 g/mol. The number of nitrogens with zero attached hydrogens (tertiary/aromatic N) is 3. The van der Waals surface area contributed by atoms with Gasteiger partial charge in [0, 0.05) is 29.1 Å². The third-order valence-electron chi connectivity index (χ3n) is 8.39. The van der Waals surface area contributed by atoms with E-state index in [9.17, 15) is 0 Å². The maximum Gasteiger partial charge on any atom is 0.160 e. The van der Waals surface area contributed by atoms with E-state index < -0.39 is 0 Å². The summed E-state index contributed by atoms with van der Waals surface area (Å²) in [6.07, 6.45) is 3.67. The lowest BCUT2D eigenvalue weighted by molar-refractivity contribution is 1.18. The molecular formula is C43H29N3. The first kappa shape index (κ1) is 27.4. The normalized spacial score (nSPS) is 11.0. The van der Waals surface area contributed by atoms with Crippen LogP contribution < -0.4 is 0 Å². The summed E-state index contributed by atoms with van der Waals surface area (Å²) in [5.41, 5.74) is 11.9. The number of pyridine rings is 1. The van der Waals surface area contributed by atoms with Gasteiger partial charge in [0.05, 0.1) is 11.4 Å². The molecule has 0 atom stereocenters. The molecule has 3 nitrogen and oxygen atoms in total. The van der Waals surface area contributed by atoms with Crippen LogP contribution in [-0.4, -0.2) is 15.0 Å². The molecule has 3 heteroatoms. The van der Waals surface area contributed by atoms with Crippen LogP contribution in [0.2, 0.25) is 0 Å². The van der Waals surface area contributed by atoms with Gasteiger partial charge in [0.2, 0.25) is 0 Å². The first-order valence-corrected chi connectivity index (χ1v) is 15.4. The summed E-state index contributed by atoms with van der Waals surface area (Å²) in [5.74, 6) is 0.713. The van der Waals surface area contributed by atoms with Crippen molar-refractivity contribution in [2.24, 2.45) is 0 Å². The maximum atomic E-state index is 5.07. The molecule has 0 saturated carbocycles. The zero-order valence-electron chi connectivity index (χ0n) is 25.1. The highest BCUT2D eigenvalue weighted by Crippen LogP contribution is 2.37. The van der Waals surface area contributed by atoms with E-state index >= 15 is 0 Å². The number of hydrogen-bond acceptors (Lipinski definition) is 3. The zero-order valence-corrected chi connectivity index (χ0v) is 25.1. The Morgan fingerprint density at radius 3 is 1.67 bits per heavy atom. The molecule has 8 aromatic rings. The van der Waals surface area contributed by atoms with Crippen molar-refractivity contribution in [3.05, 3.63) is 176 Å². The van der Waals surface area contributed by atoms with Crippen LogP contribution in [0.25, 0.3) is 78.1 Å². The molecule has 0 saturated heterocycles. The number of benzene rings is 6. The molecule has 8 rings (SSSR count). The van der Waals surface area contributed by atoms with E-state index in [0.717, 1.165) is 44.8 Å². The minimum Gasteiger partial charge on any atom is -0.265 e. The van der Waals surface area contributed by atoms with E-state index in [1.54, 1.807) is 0 Å². The minimum absolute atomic E-state index is 0.713. The quantitative estimate of drug-likeness (QED) is 0.194. The molecule has 0 spiro atoms. The van der Waals surface area contributed by atoms with Gasteiger partial charge in [-0.1, -0.05) is 127 Å². The van der Waals surface area contributed by atoms with Gasteiger partial charge < -0.3 is 0 Å². The SMILES string of the molecule is c1ccc(-c2cc(-c3cccc(-c4cc(-c5ccc(-c6ccncc6)cc5)c5ccccc5c4)c3)nc(-c3ccccc3)n2)cc1. The largest absolute Gasteiger partial charge is 0.265 e. The second-order valence-electron chi connectivity index (χ2n) is 11.3. The Labute approximate surface area is 268 Å². The first-order chi connectivity index (χ1) is 22.8. The van der Waals surface area contributed by atoms with E-state index in [2.05, 4.69) is 120 Å². The zero-order chi connectivity index (χ0) is 30.7. The molecule has 0 N–H and O–H groups in total. The monoisotopic (exact) mass is 587 g/mol. The average Bonchev–Trinajstić information content (AvgIpc) is 3.15. The molecule has 0 unspecified atom stereocenters. The number of fused-ring (bicyclic) bond motifs is 1. The Hall–Kier alpha value is -6.19. The smallest absolute Gasteiger partial charge is 0.160 e. The second kappa shape index (κ2) is 12.1. The molecule has 0 aliphatic carbocycles. The number of rotatable bonds is 6. The van der Waals surface area contributed by atoms with E-state index in [1.807, 2.05) is 60.9 Å². The van der Waals surface area contributed by atoms with Crippen molar-refractivity contribution in [2.75, 3.05) is 0 Å². The molecule has 0 radical (unpaired) electrons. The van der Waals surface area contributed by atoms with Crippen molar-refractivity contribution in [3.8, 4) is 67.3 Å². The Bertz CT molecular complexity index is 2220. The van der Waals surface area contributed by atoms with Gasteiger partial charge in [-0.15, -0.1) is 0 Å². The predicted molar refractivity (Wildman–Crippen MR) is 190 cm³/mol. The lowest BCUT2D eigenvalue weighted by Gasteiger charge is -2.13. The van der Waals surface area contributed by atoms with Gasteiger partial charge >= 0.3 is 0 Å². The fourth-order valence-corrected chi connectivity index (χ4v) is 6.03. The lowest BCUT2D eigenvalue weighted by Crippen LogP contribution is -1.96. The van der Waals surface area contributed by atoms with Crippen molar-refractivity contribution in [1.29, 1.82) is 0 Å². The van der Waals surface area contributed by atoms with Gasteiger partial charge in [-0.05, 0) is 80.6 Å². The first-order valence-electron chi connectivity index (χ1n) is 15.4. The lowest BCUT2D eigenvalue weighted by atomic mass is 9.91. The van der Waals surface area contributed by atoms with Crippen molar-refractivity contribution in [1.82, 2.24) is 15.0 Å². The standard InChI is InChI=1S/C43H29N3/c1-3-10-33(11-4-1)41-29-42(46-43(45-41)34-12-5-2-6-13-34)37-16-9-15-35(26-37)38-27-36-14-7-8-17-39(36)40(28-38)32-20-18-30(19-21-32)31-22-24-44-25-23-31/h1-29H. The van der Waals surface area contributed by atoms with E-state index in [-0.39, 0.29) is 0 Å². The van der Waals surface area contributed by atoms with Gasteiger partial charge in [-0.25, -0.2) is 9.97 Å². The predicted octanol–water partition coefficient (Wildman–Crippen LogP) is 11.0. The van der Waals surface area contributed by atoms with Gasteiger partial charge in [-0.2, -0.15) is 0 Å². The minimum atomic E-state index is 0.713. The fraction of sp³-hybridized carbons (Fsp3) is 0. The Morgan fingerprint density at radius 2 is 0.913 bits per heavy atom. The third kappa shape index (κ3) is 5.47. The Balaban J connectivity index is 1.23. The summed E-state index contributed by atoms with van der Waals surface area (Å²) in [4.78, 5) is 14.2. The molecule has 216 valence electrons. The van der Waals surface area contributed by atoms with Crippen molar-refractivity contribution >= 4 is 10.8 Å². The van der Waals surface area contributed by atoms with Crippen LogP contribution in [0.1, 0.15) is 0 Å². The second-order valence-corrected chi connectivity index (χ2v) is 11.3. The van der Waals surface area contributed by atoms with Gasteiger partial charge in [0.1, 0.15) is 0 Å². The van der Waals surface area contributed by atoms with E-state index in [4.69, 9.17) is 9.97 Å². The molecular weight excluding hydrogens is 558 g/mol. The molecule has 46 heavy (non-hydrogen) atoms. The van der Waals surface area contributed by atoms with Crippen LogP contribution in [0.5, 0.6) is 0 Å². The van der Waals surface area contributed by atoms with Gasteiger partial charge in [-0.3, -0.25) is 4.98 Å². The highest BCUT2D eigenvalue weighted by atomic mass is 14.9. The van der Waals surface area contributed by atoms with E-state index in [0.29, 0.717) is 5.82 Å². The van der Waals surface area contributed by atoms with Crippen molar-refractivity contribution in [2.45, 2.75) is 0 Å². The Kier molecular flexibility index (Phi) is 7.18. The van der Waals surface area contributed by atoms with E-state index in [1.165, 1.54) is 27.5 Å². The molecule has 0 bridgehead atoms. The van der Waals surface area contributed by atoms with Crippen LogP contribution in [0.4, 0.5) is 0 Å². The van der Waals surface area contributed by atoms with Crippen molar-refractivity contribution in [3.63, 3.8) is 0 Å². The molecule has 0 amide bonds. The molecule has 6 aromatic carbocycles. The molecule has 2 aromatic heterocycles. The fourth-order valence-electron chi connectivity index (χ4n) is 6.03. The molecule has 0 fully saturated rings.